The number of halogens is 1. The average molecular weight is 319 g/mol. The second kappa shape index (κ2) is 7.38. The SMILES string of the molecule is CCN(CC(O)c1ccc(C)cc1)C(=O)c1cccc(Cl)n1. The van der Waals surface area contributed by atoms with Gasteiger partial charge in [0.1, 0.15) is 10.8 Å². The van der Waals surface area contributed by atoms with Crippen LogP contribution in [0.25, 0.3) is 0 Å². The average Bonchev–Trinajstić information content (AvgIpc) is 2.52. The summed E-state index contributed by atoms with van der Waals surface area (Å²) < 4.78 is 0. The van der Waals surface area contributed by atoms with Gasteiger partial charge in [-0.05, 0) is 31.5 Å². The largest absolute Gasteiger partial charge is 0.387 e. The van der Waals surface area contributed by atoms with Crippen LogP contribution in [-0.2, 0) is 0 Å². The first kappa shape index (κ1) is 16.5. The van der Waals surface area contributed by atoms with Crippen LogP contribution in [0.5, 0.6) is 0 Å². The standard InChI is InChI=1S/C17H19ClN2O2/c1-3-20(17(22)14-5-4-6-16(18)19-14)11-15(21)13-9-7-12(2)8-10-13/h4-10,15,21H,3,11H2,1-2H3. The number of nitrogens with zero attached hydrogens (tertiary/aromatic N) is 2. The Morgan fingerprint density at radius 3 is 2.55 bits per heavy atom. The topological polar surface area (TPSA) is 53.4 Å². The lowest BCUT2D eigenvalue weighted by Crippen LogP contribution is -2.35. The van der Waals surface area contributed by atoms with E-state index in [1.807, 2.05) is 38.1 Å². The van der Waals surface area contributed by atoms with E-state index in [1.54, 1.807) is 23.1 Å². The molecule has 1 N–H and O–H groups in total. The quantitative estimate of drug-likeness (QED) is 0.861. The fourth-order valence-corrected chi connectivity index (χ4v) is 2.31. The zero-order valence-electron chi connectivity index (χ0n) is 12.7. The Morgan fingerprint density at radius 2 is 1.95 bits per heavy atom. The van der Waals surface area contributed by atoms with Crippen LogP contribution in [0.1, 0.15) is 34.6 Å². The molecule has 0 aliphatic carbocycles. The molecule has 22 heavy (non-hydrogen) atoms. The normalized spacial score (nSPS) is 12.0. The van der Waals surface area contributed by atoms with Crippen LogP contribution in [-0.4, -0.2) is 34.0 Å². The van der Waals surface area contributed by atoms with Crippen molar-refractivity contribution in [2.75, 3.05) is 13.1 Å². The molecule has 2 aromatic rings. The maximum Gasteiger partial charge on any atom is 0.272 e. The molecule has 1 unspecified atom stereocenters. The number of likely N-dealkylation sites (N-methyl/N-ethyl adjacent to an activating group) is 1. The number of aliphatic hydroxyl groups excluding tert-OH is 1. The van der Waals surface area contributed by atoms with Crippen LogP contribution < -0.4 is 0 Å². The number of hydrogen-bond acceptors (Lipinski definition) is 3. The number of aryl methyl sites for hydroxylation is 1. The zero-order valence-corrected chi connectivity index (χ0v) is 13.4. The lowest BCUT2D eigenvalue weighted by atomic mass is 10.1. The maximum atomic E-state index is 12.4. The summed E-state index contributed by atoms with van der Waals surface area (Å²) in [5.74, 6) is -0.240. The third kappa shape index (κ3) is 4.06. The molecular weight excluding hydrogens is 300 g/mol. The molecule has 0 saturated carbocycles. The minimum absolute atomic E-state index is 0.215. The van der Waals surface area contributed by atoms with Crippen LogP contribution in [0.2, 0.25) is 5.15 Å². The Bertz CT molecular complexity index is 643. The minimum Gasteiger partial charge on any atom is -0.387 e. The third-order valence-corrected chi connectivity index (χ3v) is 3.67. The van der Waals surface area contributed by atoms with Gasteiger partial charge in [-0.1, -0.05) is 47.5 Å². The minimum atomic E-state index is -0.733. The van der Waals surface area contributed by atoms with Crippen LogP contribution in [0.3, 0.4) is 0 Å². The van der Waals surface area contributed by atoms with Crippen molar-refractivity contribution in [3.8, 4) is 0 Å². The summed E-state index contributed by atoms with van der Waals surface area (Å²) in [4.78, 5) is 18.0. The maximum absolute atomic E-state index is 12.4. The number of hydrogen-bond donors (Lipinski definition) is 1. The lowest BCUT2D eigenvalue weighted by molar-refractivity contribution is 0.0629. The van der Waals surface area contributed by atoms with E-state index >= 15 is 0 Å². The van der Waals surface area contributed by atoms with Crippen molar-refractivity contribution in [3.63, 3.8) is 0 Å². The molecule has 0 radical (unpaired) electrons. The van der Waals surface area contributed by atoms with E-state index in [0.29, 0.717) is 6.54 Å². The predicted molar refractivity (Wildman–Crippen MR) is 87.0 cm³/mol. The van der Waals surface area contributed by atoms with Crippen molar-refractivity contribution >= 4 is 17.5 Å². The summed E-state index contributed by atoms with van der Waals surface area (Å²) >= 11 is 5.82. The van der Waals surface area contributed by atoms with Crippen LogP contribution in [0, 0.1) is 6.92 Å². The van der Waals surface area contributed by atoms with Gasteiger partial charge >= 0.3 is 0 Å². The van der Waals surface area contributed by atoms with E-state index in [0.717, 1.165) is 11.1 Å². The van der Waals surface area contributed by atoms with Gasteiger partial charge in [-0.3, -0.25) is 4.79 Å². The highest BCUT2D eigenvalue weighted by Crippen LogP contribution is 2.16. The summed E-state index contributed by atoms with van der Waals surface area (Å²) in [6, 6.07) is 12.5. The Labute approximate surface area is 135 Å². The summed E-state index contributed by atoms with van der Waals surface area (Å²) in [6.07, 6.45) is -0.733. The van der Waals surface area contributed by atoms with Crippen LogP contribution in [0.4, 0.5) is 0 Å². The fraction of sp³-hybridized carbons (Fsp3) is 0.294. The van der Waals surface area contributed by atoms with Gasteiger partial charge < -0.3 is 10.0 Å². The molecule has 0 aliphatic rings. The van der Waals surface area contributed by atoms with Crippen LogP contribution in [0.15, 0.2) is 42.5 Å². The molecule has 0 bridgehead atoms. The van der Waals surface area contributed by atoms with Gasteiger partial charge in [0, 0.05) is 6.54 Å². The van der Waals surface area contributed by atoms with E-state index < -0.39 is 6.10 Å². The van der Waals surface area contributed by atoms with Gasteiger partial charge in [-0.15, -0.1) is 0 Å². The molecular formula is C17H19ClN2O2. The molecule has 4 nitrogen and oxygen atoms in total. The Kier molecular flexibility index (Phi) is 5.52. The van der Waals surface area contributed by atoms with Crippen molar-refractivity contribution in [1.82, 2.24) is 9.88 Å². The zero-order chi connectivity index (χ0) is 16.1. The first-order valence-corrected chi connectivity index (χ1v) is 7.55. The lowest BCUT2D eigenvalue weighted by Gasteiger charge is -2.24. The van der Waals surface area contributed by atoms with Crippen molar-refractivity contribution in [3.05, 3.63) is 64.4 Å². The number of pyridine rings is 1. The number of amides is 1. The summed E-state index contributed by atoms with van der Waals surface area (Å²) in [5.41, 5.74) is 2.20. The first-order valence-electron chi connectivity index (χ1n) is 7.17. The first-order chi connectivity index (χ1) is 10.5. The molecule has 0 aliphatic heterocycles. The van der Waals surface area contributed by atoms with Gasteiger partial charge in [0.05, 0.1) is 12.6 Å². The molecule has 5 heteroatoms. The van der Waals surface area contributed by atoms with E-state index in [2.05, 4.69) is 4.98 Å². The van der Waals surface area contributed by atoms with Gasteiger partial charge in [0.2, 0.25) is 0 Å². The van der Waals surface area contributed by atoms with Gasteiger partial charge in [0.15, 0.2) is 0 Å². The van der Waals surface area contributed by atoms with E-state index in [4.69, 9.17) is 11.6 Å². The summed E-state index contributed by atoms with van der Waals surface area (Å²) in [6.45, 7) is 4.55. The van der Waals surface area contributed by atoms with Crippen molar-refractivity contribution in [1.29, 1.82) is 0 Å². The predicted octanol–water partition coefficient (Wildman–Crippen LogP) is 3.24. The number of aromatic nitrogens is 1. The molecule has 1 amide bonds. The molecule has 1 aromatic heterocycles. The number of rotatable bonds is 5. The van der Waals surface area contributed by atoms with E-state index in [-0.39, 0.29) is 23.3 Å². The molecule has 1 aromatic carbocycles. The molecule has 1 heterocycles. The highest BCUT2D eigenvalue weighted by molar-refractivity contribution is 6.29. The van der Waals surface area contributed by atoms with Crippen molar-refractivity contribution in [2.24, 2.45) is 0 Å². The molecule has 0 spiro atoms. The summed E-state index contributed by atoms with van der Waals surface area (Å²) in [5, 5.41) is 10.6. The van der Waals surface area contributed by atoms with Gasteiger partial charge in [0.25, 0.3) is 5.91 Å². The van der Waals surface area contributed by atoms with Gasteiger partial charge in [-0.2, -0.15) is 0 Å². The highest BCUT2D eigenvalue weighted by atomic mass is 35.5. The molecule has 0 saturated heterocycles. The second-order valence-corrected chi connectivity index (χ2v) is 5.50. The Morgan fingerprint density at radius 1 is 1.27 bits per heavy atom. The second-order valence-electron chi connectivity index (χ2n) is 5.12. The van der Waals surface area contributed by atoms with E-state index in [1.165, 1.54) is 0 Å². The van der Waals surface area contributed by atoms with Crippen LogP contribution >= 0.6 is 11.6 Å². The molecule has 116 valence electrons. The van der Waals surface area contributed by atoms with E-state index in [9.17, 15) is 9.90 Å². The summed E-state index contributed by atoms with van der Waals surface area (Å²) in [7, 11) is 0. The van der Waals surface area contributed by atoms with Gasteiger partial charge in [-0.25, -0.2) is 4.98 Å². The number of aliphatic hydroxyl groups is 1. The molecule has 0 fully saturated rings. The number of carbonyl (C=O) groups excluding carboxylic acids is 1. The number of benzene rings is 1. The smallest absolute Gasteiger partial charge is 0.272 e. The number of carbonyl (C=O) groups is 1. The highest BCUT2D eigenvalue weighted by Gasteiger charge is 2.19. The Balaban J connectivity index is 2.11. The third-order valence-electron chi connectivity index (χ3n) is 3.46. The van der Waals surface area contributed by atoms with Crippen molar-refractivity contribution in [2.45, 2.75) is 20.0 Å². The monoisotopic (exact) mass is 318 g/mol. The molecule has 2 rings (SSSR count). The Hall–Kier alpha value is -1.91. The molecule has 1 atom stereocenters. The van der Waals surface area contributed by atoms with Crippen molar-refractivity contribution < 1.29 is 9.90 Å². The fourth-order valence-electron chi connectivity index (χ4n) is 2.15.